The van der Waals surface area contributed by atoms with E-state index < -0.39 is 8.32 Å². The monoisotopic (exact) mass is 326 g/mol. The lowest BCUT2D eigenvalue weighted by atomic mass is 9.62. The van der Waals surface area contributed by atoms with Crippen LogP contribution in [0.5, 0.6) is 0 Å². The summed E-state index contributed by atoms with van der Waals surface area (Å²) in [7, 11) is -1.69. The summed E-state index contributed by atoms with van der Waals surface area (Å²) in [6, 6.07) is 0. The molecule has 0 bridgehead atoms. The van der Waals surface area contributed by atoms with Crippen LogP contribution in [0.2, 0.25) is 18.1 Å². The highest BCUT2D eigenvalue weighted by molar-refractivity contribution is 6.74. The Hall–Kier alpha value is 0.137. The molecule has 0 saturated heterocycles. The van der Waals surface area contributed by atoms with Crippen molar-refractivity contribution in [2.24, 2.45) is 23.2 Å². The van der Waals surface area contributed by atoms with E-state index in [0.29, 0.717) is 35.9 Å². The molecule has 0 spiro atoms. The van der Waals surface area contributed by atoms with Crippen molar-refractivity contribution in [3.8, 4) is 0 Å². The fraction of sp³-hybridized carbons (Fsp3) is 1.00. The fourth-order valence-corrected chi connectivity index (χ4v) is 6.31. The van der Waals surface area contributed by atoms with Crippen molar-refractivity contribution in [2.45, 2.75) is 91.0 Å². The second-order valence-electron chi connectivity index (χ2n) is 9.76. The first-order valence-electron chi connectivity index (χ1n) is 9.31. The first kappa shape index (κ1) is 18.5. The number of hydrogen-bond acceptors (Lipinski definition) is 2. The molecule has 0 amide bonds. The third-order valence-electron chi connectivity index (χ3n) is 7.36. The van der Waals surface area contributed by atoms with E-state index in [-0.39, 0.29) is 5.04 Å². The molecule has 0 aromatic heterocycles. The Morgan fingerprint density at radius 1 is 1.23 bits per heavy atom. The topological polar surface area (TPSA) is 29.5 Å². The van der Waals surface area contributed by atoms with Gasteiger partial charge in [-0.15, -0.1) is 0 Å². The van der Waals surface area contributed by atoms with Gasteiger partial charge in [-0.05, 0) is 67.0 Å². The second kappa shape index (κ2) is 6.21. The van der Waals surface area contributed by atoms with Crippen LogP contribution in [0.3, 0.4) is 0 Å². The van der Waals surface area contributed by atoms with Crippen LogP contribution in [0.1, 0.15) is 66.7 Å². The highest BCUT2D eigenvalue weighted by Gasteiger charge is 2.54. The van der Waals surface area contributed by atoms with Gasteiger partial charge in [-0.3, -0.25) is 0 Å². The Kier molecular flexibility index (Phi) is 5.22. The van der Waals surface area contributed by atoms with Gasteiger partial charge in [-0.2, -0.15) is 0 Å². The summed E-state index contributed by atoms with van der Waals surface area (Å²) in [5.74, 6) is 1.81. The van der Waals surface area contributed by atoms with Crippen molar-refractivity contribution in [2.75, 3.05) is 6.61 Å². The SMILES string of the molecule is CC(CO)[C@H]1CC[C@H]2C(O[Si](C)(C)C(C)(C)C)CCC[C@]12C. The Balaban J connectivity index is 2.17. The number of hydrogen-bond donors (Lipinski definition) is 1. The molecule has 2 unspecified atom stereocenters. The molecule has 0 aromatic rings. The lowest BCUT2D eigenvalue weighted by molar-refractivity contribution is -0.0259. The average Bonchev–Trinajstić information content (AvgIpc) is 2.74. The van der Waals surface area contributed by atoms with E-state index in [2.05, 4.69) is 47.7 Å². The molecule has 2 aliphatic carbocycles. The van der Waals surface area contributed by atoms with E-state index in [1.165, 1.54) is 32.1 Å². The molecule has 5 atom stereocenters. The number of fused-ring (bicyclic) bond motifs is 1. The van der Waals surface area contributed by atoms with E-state index in [1.807, 2.05) is 0 Å². The molecule has 0 heterocycles. The molecular weight excluding hydrogens is 288 g/mol. The number of rotatable bonds is 4. The van der Waals surface area contributed by atoms with Crippen LogP contribution in [-0.2, 0) is 4.43 Å². The molecule has 0 radical (unpaired) electrons. The largest absolute Gasteiger partial charge is 0.414 e. The summed E-state index contributed by atoms with van der Waals surface area (Å²) in [6.45, 7) is 16.9. The van der Waals surface area contributed by atoms with Gasteiger partial charge in [0.25, 0.3) is 0 Å². The maximum atomic E-state index is 9.63. The lowest BCUT2D eigenvalue weighted by Gasteiger charge is -2.49. The van der Waals surface area contributed by atoms with E-state index in [1.54, 1.807) is 0 Å². The highest BCUT2D eigenvalue weighted by Crippen LogP contribution is 2.59. The first-order valence-corrected chi connectivity index (χ1v) is 12.2. The molecule has 2 aliphatic rings. The standard InChI is InChI=1S/C19H38O2Si/c1-14(13-20)15-10-11-16-17(9-8-12-19(15,16)5)21-22(6,7)18(2,3)4/h14-17,20H,8-13H2,1-7H3/t14?,15-,16+,17?,19-/m1/s1. The Morgan fingerprint density at radius 2 is 1.86 bits per heavy atom. The predicted octanol–water partition coefficient (Wildman–Crippen LogP) is 5.22. The normalized spacial score (nSPS) is 37.9. The molecule has 0 aliphatic heterocycles. The van der Waals surface area contributed by atoms with Crippen molar-refractivity contribution in [3.63, 3.8) is 0 Å². The van der Waals surface area contributed by atoms with Crippen LogP contribution in [0, 0.1) is 23.2 Å². The Labute approximate surface area is 139 Å². The van der Waals surface area contributed by atoms with Gasteiger partial charge in [0, 0.05) is 12.7 Å². The Bertz CT molecular complexity index is 387. The molecule has 130 valence electrons. The van der Waals surface area contributed by atoms with Crippen LogP contribution >= 0.6 is 0 Å². The zero-order valence-corrected chi connectivity index (χ0v) is 16.9. The van der Waals surface area contributed by atoms with Gasteiger partial charge >= 0.3 is 0 Å². The second-order valence-corrected chi connectivity index (χ2v) is 14.5. The Morgan fingerprint density at radius 3 is 2.41 bits per heavy atom. The zero-order valence-electron chi connectivity index (χ0n) is 15.9. The summed E-state index contributed by atoms with van der Waals surface area (Å²) in [5, 5.41) is 9.92. The maximum absolute atomic E-state index is 9.63. The summed E-state index contributed by atoms with van der Waals surface area (Å²) >= 11 is 0. The molecular formula is C19H38O2Si. The van der Waals surface area contributed by atoms with E-state index in [9.17, 15) is 5.11 Å². The minimum absolute atomic E-state index is 0.289. The highest BCUT2D eigenvalue weighted by atomic mass is 28.4. The van der Waals surface area contributed by atoms with Crippen molar-refractivity contribution < 1.29 is 9.53 Å². The smallest absolute Gasteiger partial charge is 0.192 e. The molecule has 3 heteroatoms. The van der Waals surface area contributed by atoms with Gasteiger partial charge < -0.3 is 9.53 Å². The molecule has 2 nitrogen and oxygen atoms in total. The van der Waals surface area contributed by atoms with Crippen LogP contribution in [0.4, 0.5) is 0 Å². The van der Waals surface area contributed by atoms with Crippen LogP contribution in [0.15, 0.2) is 0 Å². The van der Waals surface area contributed by atoms with Crippen LogP contribution < -0.4 is 0 Å². The zero-order chi connectivity index (χ0) is 16.8. The molecule has 1 N–H and O–H groups in total. The van der Waals surface area contributed by atoms with Crippen LogP contribution in [-0.4, -0.2) is 26.1 Å². The number of aliphatic hydroxyl groups is 1. The third kappa shape index (κ3) is 3.18. The number of aliphatic hydroxyl groups excluding tert-OH is 1. The van der Waals surface area contributed by atoms with Crippen molar-refractivity contribution in [3.05, 3.63) is 0 Å². The third-order valence-corrected chi connectivity index (χ3v) is 11.9. The van der Waals surface area contributed by atoms with E-state index >= 15 is 0 Å². The quantitative estimate of drug-likeness (QED) is 0.718. The first-order chi connectivity index (χ1) is 10.0. The average molecular weight is 327 g/mol. The van der Waals surface area contributed by atoms with Gasteiger partial charge in [0.05, 0.1) is 0 Å². The maximum Gasteiger partial charge on any atom is 0.192 e. The van der Waals surface area contributed by atoms with Crippen molar-refractivity contribution in [1.82, 2.24) is 0 Å². The van der Waals surface area contributed by atoms with E-state index in [4.69, 9.17) is 4.43 Å². The van der Waals surface area contributed by atoms with Crippen LogP contribution in [0.25, 0.3) is 0 Å². The minimum Gasteiger partial charge on any atom is -0.414 e. The predicted molar refractivity (Wildman–Crippen MR) is 96.5 cm³/mol. The van der Waals surface area contributed by atoms with E-state index in [0.717, 1.165) is 0 Å². The minimum atomic E-state index is -1.69. The summed E-state index contributed by atoms with van der Waals surface area (Å²) in [4.78, 5) is 0. The van der Waals surface area contributed by atoms with Crippen molar-refractivity contribution in [1.29, 1.82) is 0 Å². The molecule has 2 saturated carbocycles. The van der Waals surface area contributed by atoms with Crippen molar-refractivity contribution >= 4 is 8.32 Å². The van der Waals surface area contributed by atoms with Gasteiger partial charge in [-0.1, -0.05) is 41.0 Å². The van der Waals surface area contributed by atoms with Gasteiger partial charge in [-0.25, -0.2) is 0 Å². The molecule has 22 heavy (non-hydrogen) atoms. The summed E-state index contributed by atoms with van der Waals surface area (Å²) < 4.78 is 6.86. The lowest BCUT2D eigenvalue weighted by Crippen LogP contribution is -2.50. The summed E-state index contributed by atoms with van der Waals surface area (Å²) in [6.07, 6.45) is 6.89. The fourth-order valence-electron chi connectivity index (χ4n) is 4.92. The van der Waals surface area contributed by atoms with Gasteiger partial charge in [0.2, 0.25) is 0 Å². The molecule has 2 fully saturated rings. The summed E-state index contributed by atoms with van der Waals surface area (Å²) in [5.41, 5.74) is 0.382. The van der Waals surface area contributed by atoms with Gasteiger partial charge in [0.1, 0.15) is 0 Å². The molecule has 0 aromatic carbocycles. The van der Waals surface area contributed by atoms with Gasteiger partial charge in [0.15, 0.2) is 8.32 Å². The molecule has 2 rings (SSSR count).